The summed E-state index contributed by atoms with van der Waals surface area (Å²) in [6.45, 7) is 4.20. The molecule has 0 saturated carbocycles. The maximum Gasteiger partial charge on any atom is 0.225 e. The Kier molecular flexibility index (Phi) is 4.26. The van der Waals surface area contributed by atoms with Gasteiger partial charge in [-0.2, -0.15) is 4.98 Å². The highest BCUT2D eigenvalue weighted by molar-refractivity contribution is 7.17. The highest BCUT2D eigenvalue weighted by Gasteiger charge is 2.16. The second-order valence-corrected chi connectivity index (χ2v) is 7.31. The monoisotopic (exact) mass is 381 g/mol. The summed E-state index contributed by atoms with van der Waals surface area (Å²) in [5.41, 5.74) is 5.20. The molecule has 0 atom stereocenters. The summed E-state index contributed by atoms with van der Waals surface area (Å²) < 4.78 is 0. The molecule has 2 heterocycles. The summed E-state index contributed by atoms with van der Waals surface area (Å²) >= 11 is 7.64. The molecule has 0 aliphatic carbocycles. The largest absolute Gasteiger partial charge is 0.506 e. The lowest BCUT2D eigenvalue weighted by atomic mass is 10.0. The first-order valence-electron chi connectivity index (χ1n) is 8.10. The molecule has 130 valence electrons. The van der Waals surface area contributed by atoms with Crippen molar-refractivity contribution in [3.05, 3.63) is 64.3 Å². The number of halogens is 1. The van der Waals surface area contributed by atoms with Crippen molar-refractivity contribution in [3.8, 4) is 16.9 Å². The van der Waals surface area contributed by atoms with Crippen molar-refractivity contribution in [2.75, 3.05) is 5.32 Å². The van der Waals surface area contributed by atoms with Gasteiger partial charge in [-0.05, 0) is 54.3 Å². The first-order valence-corrected chi connectivity index (χ1v) is 9.36. The Labute approximate surface area is 160 Å². The van der Waals surface area contributed by atoms with Crippen LogP contribution in [0.4, 0.5) is 11.5 Å². The minimum absolute atomic E-state index is 0.151. The molecule has 0 radical (unpaired) electrons. The second-order valence-electron chi connectivity index (χ2n) is 6.11. The minimum Gasteiger partial charge on any atom is -0.506 e. The van der Waals surface area contributed by atoms with E-state index < -0.39 is 0 Å². The lowest BCUT2D eigenvalue weighted by molar-refractivity contribution is 0.478. The average Bonchev–Trinajstić information content (AvgIpc) is 3.03. The van der Waals surface area contributed by atoms with Crippen LogP contribution in [0.25, 0.3) is 21.3 Å². The molecule has 0 bridgehead atoms. The Hall–Kier alpha value is -2.63. The van der Waals surface area contributed by atoms with Gasteiger partial charge in [0.25, 0.3) is 0 Å². The van der Waals surface area contributed by atoms with E-state index in [9.17, 15) is 5.11 Å². The Balaban J connectivity index is 1.91. The minimum atomic E-state index is 0.151. The number of rotatable bonds is 3. The molecule has 0 saturated heterocycles. The number of nitrogens with zero attached hydrogens (tertiary/aromatic N) is 2. The van der Waals surface area contributed by atoms with E-state index in [2.05, 4.69) is 52.7 Å². The topological polar surface area (TPSA) is 58.0 Å². The van der Waals surface area contributed by atoms with Crippen LogP contribution in [0.2, 0.25) is 5.28 Å². The smallest absolute Gasteiger partial charge is 0.225 e. The van der Waals surface area contributed by atoms with E-state index in [0.717, 1.165) is 21.3 Å². The summed E-state index contributed by atoms with van der Waals surface area (Å²) in [7, 11) is 0. The van der Waals surface area contributed by atoms with Gasteiger partial charge in [0.1, 0.15) is 16.4 Å². The van der Waals surface area contributed by atoms with Crippen molar-refractivity contribution in [2.45, 2.75) is 13.8 Å². The predicted molar refractivity (Wildman–Crippen MR) is 109 cm³/mol. The van der Waals surface area contributed by atoms with Crippen molar-refractivity contribution in [3.63, 3.8) is 0 Å². The number of aryl methyl sites for hydroxylation is 2. The fraction of sp³-hybridized carbons (Fsp3) is 0.100. The van der Waals surface area contributed by atoms with Crippen molar-refractivity contribution in [1.82, 2.24) is 9.97 Å². The van der Waals surface area contributed by atoms with Crippen molar-refractivity contribution >= 4 is 44.7 Å². The number of aromatic hydroxyl groups is 1. The fourth-order valence-electron chi connectivity index (χ4n) is 2.83. The van der Waals surface area contributed by atoms with Gasteiger partial charge in [-0.3, -0.25) is 0 Å². The number of aromatic nitrogens is 2. The number of thiophene rings is 1. The zero-order chi connectivity index (χ0) is 18.3. The maximum absolute atomic E-state index is 10.1. The quantitative estimate of drug-likeness (QED) is 0.333. The second kappa shape index (κ2) is 6.59. The van der Waals surface area contributed by atoms with Crippen LogP contribution in [0.3, 0.4) is 0 Å². The highest BCUT2D eigenvalue weighted by atomic mass is 35.5. The predicted octanol–water partition coefficient (Wildman–Crippen LogP) is 6.08. The van der Waals surface area contributed by atoms with E-state index in [1.54, 1.807) is 18.2 Å². The van der Waals surface area contributed by atoms with Crippen molar-refractivity contribution in [2.24, 2.45) is 0 Å². The van der Waals surface area contributed by atoms with Crippen molar-refractivity contribution in [1.29, 1.82) is 0 Å². The van der Waals surface area contributed by atoms with E-state index in [4.69, 9.17) is 11.6 Å². The van der Waals surface area contributed by atoms with Crippen LogP contribution in [0.15, 0.2) is 47.8 Å². The molecule has 0 unspecified atom stereocenters. The number of benzene rings is 2. The van der Waals surface area contributed by atoms with Crippen LogP contribution in [0.1, 0.15) is 11.1 Å². The number of phenolic OH excluding ortho intramolecular Hbond substituents is 1. The standard InChI is InChI=1S/C20H16ClN3OS/c1-11-7-8-13(9-12(11)2)14-10-26-19-17(14)18(23-20(21)24-19)22-15-5-3-4-6-16(15)25/h3-10,25H,1-2H3,(H,22,23,24). The molecule has 0 amide bonds. The zero-order valence-electron chi connectivity index (χ0n) is 14.2. The number of nitrogens with one attached hydrogen (secondary N) is 1. The van der Waals surface area contributed by atoms with Gasteiger partial charge in [0.15, 0.2) is 0 Å². The molecule has 4 rings (SSSR count). The molecule has 0 aliphatic rings. The number of phenols is 1. The molecular formula is C20H16ClN3OS. The molecule has 26 heavy (non-hydrogen) atoms. The third-order valence-corrected chi connectivity index (χ3v) is 5.42. The Morgan fingerprint density at radius 3 is 2.62 bits per heavy atom. The van der Waals surface area contributed by atoms with E-state index in [-0.39, 0.29) is 11.0 Å². The normalized spacial score (nSPS) is 11.0. The number of hydrogen-bond donors (Lipinski definition) is 2. The molecular weight excluding hydrogens is 366 g/mol. The molecule has 6 heteroatoms. The number of hydrogen-bond acceptors (Lipinski definition) is 5. The van der Waals surface area contributed by atoms with Gasteiger partial charge in [-0.25, -0.2) is 4.98 Å². The fourth-order valence-corrected chi connectivity index (χ4v) is 4.00. The molecule has 0 fully saturated rings. The van der Waals surface area contributed by atoms with Crippen LogP contribution in [-0.4, -0.2) is 15.1 Å². The van der Waals surface area contributed by atoms with Gasteiger partial charge in [-0.1, -0.05) is 30.3 Å². The van der Waals surface area contributed by atoms with Gasteiger partial charge in [-0.15, -0.1) is 11.3 Å². The molecule has 2 aromatic carbocycles. The third-order valence-electron chi connectivity index (χ3n) is 4.38. The van der Waals surface area contributed by atoms with Gasteiger partial charge in [0.05, 0.1) is 11.1 Å². The maximum atomic E-state index is 10.1. The van der Waals surface area contributed by atoms with Crippen molar-refractivity contribution < 1.29 is 5.11 Å². The van der Waals surface area contributed by atoms with Crippen LogP contribution >= 0.6 is 22.9 Å². The van der Waals surface area contributed by atoms with Crippen LogP contribution in [0.5, 0.6) is 5.75 Å². The van der Waals surface area contributed by atoms with Crippen LogP contribution < -0.4 is 5.32 Å². The Morgan fingerprint density at radius 1 is 1.04 bits per heavy atom. The van der Waals surface area contributed by atoms with E-state index in [1.807, 2.05) is 6.07 Å². The molecule has 2 N–H and O–H groups in total. The molecule has 4 aromatic rings. The van der Waals surface area contributed by atoms with E-state index >= 15 is 0 Å². The van der Waals surface area contributed by atoms with Gasteiger partial charge < -0.3 is 10.4 Å². The third kappa shape index (κ3) is 3.00. The molecule has 4 nitrogen and oxygen atoms in total. The lowest BCUT2D eigenvalue weighted by Gasteiger charge is -2.11. The zero-order valence-corrected chi connectivity index (χ0v) is 15.8. The van der Waals surface area contributed by atoms with Crippen LogP contribution in [0, 0.1) is 13.8 Å². The molecule has 0 spiro atoms. The first kappa shape index (κ1) is 16.8. The summed E-state index contributed by atoms with van der Waals surface area (Å²) in [6.07, 6.45) is 0. The Bertz CT molecular complexity index is 1120. The first-order chi connectivity index (χ1) is 12.5. The number of anilines is 2. The van der Waals surface area contributed by atoms with Crippen LogP contribution in [-0.2, 0) is 0 Å². The summed E-state index contributed by atoms with van der Waals surface area (Å²) in [5, 5.41) is 16.4. The summed E-state index contributed by atoms with van der Waals surface area (Å²) in [4.78, 5) is 9.53. The summed E-state index contributed by atoms with van der Waals surface area (Å²) in [6, 6.07) is 13.4. The van der Waals surface area contributed by atoms with E-state index in [1.165, 1.54) is 22.5 Å². The molecule has 0 aliphatic heterocycles. The van der Waals surface area contributed by atoms with E-state index in [0.29, 0.717) is 11.5 Å². The number of para-hydroxylation sites is 2. The SMILES string of the molecule is Cc1ccc(-c2csc3nc(Cl)nc(Nc4ccccc4O)c23)cc1C. The summed E-state index contributed by atoms with van der Waals surface area (Å²) in [5.74, 6) is 0.731. The lowest BCUT2D eigenvalue weighted by Crippen LogP contribution is -1.97. The molecule has 2 aromatic heterocycles. The van der Waals surface area contributed by atoms with Gasteiger partial charge >= 0.3 is 0 Å². The van der Waals surface area contributed by atoms with Gasteiger partial charge in [0.2, 0.25) is 5.28 Å². The average molecular weight is 382 g/mol. The Morgan fingerprint density at radius 2 is 1.85 bits per heavy atom. The highest BCUT2D eigenvalue weighted by Crippen LogP contribution is 2.39. The van der Waals surface area contributed by atoms with Gasteiger partial charge in [0, 0.05) is 10.9 Å². The number of fused-ring (bicyclic) bond motifs is 1.